The van der Waals surface area contributed by atoms with Crippen LogP contribution in [0.15, 0.2) is 23.1 Å². The Bertz CT molecular complexity index is 617. The van der Waals surface area contributed by atoms with Crippen LogP contribution in [-0.4, -0.2) is 42.4 Å². The normalized spacial score (nSPS) is 13.2. The van der Waals surface area contributed by atoms with Gasteiger partial charge in [-0.05, 0) is 19.4 Å². The number of non-ortho nitro benzene ring substituents is 1. The van der Waals surface area contributed by atoms with Crippen molar-refractivity contribution in [1.82, 2.24) is 4.31 Å². The summed E-state index contributed by atoms with van der Waals surface area (Å²) >= 11 is 0. The minimum atomic E-state index is -3.86. The SMILES string of the molecule is CC(O)CCN(C)S(=O)(=O)c1ccc([N+](=O)[O-])cc1NN. The van der Waals surface area contributed by atoms with E-state index in [-0.39, 0.29) is 29.2 Å². The van der Waals surface area contributed by atoms with Crippen molar-refractivity contribution >= 4 is 21.4 Å². The van der Waals surface area contributed by atoms with Gasteiger partial charge in [-0.1, -0.05) is 0 Å². The van der Waals surface area contributed by atoms with Crippen LogP contribution in [0.4, 0.5) is 11.4 Å². The number of benzene rings is 1. The lowest BCUT2D eigenvalue weighted by atomic mass is 10.3. The average molecular weight is 318 g/mol. The summed E-state index contributed by atoms with van der Waals surface area (Å²) in [7, 11) is -2.50. The van der Waals surface area contributed by atoms with Crippen molar-refractivity contribution in [3.8, 4) is 0 Å². The lowest BCUT2D eigenvalue weighted by Gasteiger charge is -2.19. The quantitative estimate of drug-likeness (QED) is 0.372. The molecule has 1 rings (SSSR count). The van der Waals surface area contributed by atoms with Crippen molar-refractivity contribution in [2.75, 3.05) is 19.0 Å². The molecular weight excluding hydrogens is 300 g/mol. The van der Waals surface area contributed by atoms with Crippen molar-refractivity contribution in [2.24, 2.45) is 5.84 Å². The Kier molecular flexibility index (Phi) is 5.61. The van der Waals surface area contributed by atoms with Crippen molar-refractivity contribution in [2.45, 2.75) is 24.3 Å². The highest BCUT2D eigenvalue weighted by molar-refractivity contribution is 7.89. The molecule has 0 aliphatic heterocycles. The third kappa shape index (κ3) is 4.11. The summed E-state index contributed by atoms with van der Waals surface area (Å²) in [6.07, 6.45) is -0.361. The number of hydrazine groups is 1. The summed E-state index contributed by atoms with van der Waals surface area (Å²) in [6.45, 7) is 1.67. The number of nitrogen functional groups attached to an aromatic ring is 1. The number of nitro benzene ring substituents is 1. The van der Waals surface area contributed by atoms with Crippen LogP contribution in [0.25, 0.3) is 0 Å². The number of nitrogens with two attached hydrogens (primary N) is 1. The molecule has 10 heteroatoms. The molecule has 1 atom stereocenters. The lowest BCUT2D eigenvalue weighted by molar-refractivity contribution is -0.384. The fourth-order valence-electron chi connectivity index (χ4n) is 1.63. The molecule has 9 nitrogen and oxygen atoms in total. The summed E-state index contributed by atoms with van der Waals surface area (Å²) in [5.74, 6) is 5.24. The molecular formula is C11H18N4O5S. The van der Waals surface area contributed by atoms with Crippen LogP contribution in [0, 0.1) is 10.1 Å². The van der Waals surface area contributed by atoms with Crippen LogP contribution in [0.3, 0.4) is 0 Å². The predicted octanol–water partition coefficient (Wildman–Crippen LogP) is 0.272. The van der Waals surface area contributed by atoms with Crippen molar-refractivity contribution in [3.05, 3.63) is 28.3 Å². The van der Waals surface area contributed by atoms with Crippen molar-refractivity contribution < 1.29 is 18.4 Å². The highest BCUT2D eigenvalue weighted by Gasteiger charge is 2.25. The molecule has 1 aromatic rings. The molecule has 0 amide bonds. The van der Waals surface area contributed by atoms with Gasteiger partial charge < -0.3 is 10.5 Å². The number of rotatable bonds is 7. The van der Waals surface area contributed by atoms with Crippen LogP contribution in [0.5, 0.6) is 0 Å². The van der Waals surface area contributed by atoms with Gasteiger partial charge in [-0.25, -0.2) is 12.7 Å². The maximum atomic E-state index is 12.4. The zero-order chi connectivity index (χ0) is 16.2. The summed E-state index contributed by atoms with van der Waals surface area (Å²) < 4.78 is 25.8. The Balaban J connectivity index is 3.16. The molecule has 0 spiro atoms. The first-order valence-electron chi connectivity index (χ1n) is 6.09. The van der Waals surface area contributed by atoms with Crippen LogP contribution in [-0.2, 0) is 10.0 Å². The maximum Gasteiger partial charge on any atom is 0.271 e. The molecule has 118 valence electrons. The highest BCUT2D eigenvalue weighted by Crippen LogP contribution is 2.27. The van der Waals surface area contributed by atoms with E-state index >= 15 is 0 Å². The fourth-order valence-corrected chi connectivity index (χ4v) is 2.94. The zero-order valence-electron chi connectivity index (χ0n) is 11.7. The number of sulfonamides is 1. The third-order valence-corrected chi connectivity index (χ3v) is 4.79. The number of hydrogen-bond acceptors (Lipinski definition) is 7. The summed E-state index contributed by atoms with van der Waals surface area (Å²) in [6, 6.07) is 3.27. The maximum absolute atomic E-state index is 12.4. The molecule has 0 saturated carbocycles. The predicted molar refractivity (Wildman–Crippen MR) is 77.0 cm³/mol. The molecule has 0 aliphatic rings. The van der Waals surface area contributed by atoms with Crippen LogP contribution in [0.1, 0.15) is 13.3 Å². The summed E-state index contributed by atoms with van der Waals surface area (Å²) in [5, 5.41) is 19.9. The molecule has 0 saturated heterocycles. The minimum Gasteiger partial charge on any atom is -0.393 e. The number of anilines is 1. The van der Waals surface area contributed by atoms with Gasteiger partial charge in [0.1, 0.15) is 4.90 Å². The molecule has 0 radical (unpaired) electrons. The van der Waals surface area contributed by atoms with Gasteiger partial charge >= 0.3 is 0 Å². The molecule has 0 aliphatic carbocycles. The van der Waals surface area contributed by atoms with E-state index in [1.54, 1.807) is 6.92 Å². The molecule has 0 fully saturated rings. The van der Waals surface area contributed by atoms with Gasteiger partial charge in [0.15, 0.2) is 0 Å². The molecule has 0 heterocycles. The second-order valence-corrected chi connectivity index (χ2v) is 6.56. The average Bonchev–Trinajstić information content (AvgIpc) is 2.43. The van der Waals surface area contributed by atoms with Gasteiger partial charge in [0.2, 0.25) is 10.0 Å². The first-order valence-corrected chi connectivity index (χ1v) is 7.53. The van der Waals surface area contributed by atoms with E-state index in [2.05, 4.69) is 5.43 Å². The number of nitrogens with one attached hydrogen (secondary N) is 1. The van der Waals surface area contributed by atoms with Crippen molar-refractivity contribution in [3.63, 3.8) is 0 Å². The van der Waals surface area contributed by atoms with Gasteiger partial charge in [-0.15, -0.1) is 0 Å². The minimum absolute atomic E-state index is 0.0619. The van der Waals surface area contributed by atoms with E-state index in [1.165, 1.54) is 7.05 Å². The van der Waals surface area contributed by atoms with E-state index < -0.39 is 21.1 Å². The summed E-state index contributed by atoms with van der Waals surface area (Å²) in [4.78, 5) is 9.88. The number of hydrogen-bond donors (Lipinski definition) is 3. The second kappa shape index (κ2) is 6.80. The Morgan fingerprint density at radius 2 is 2.14 bits per heavy atom. The first kappa shape index (κ1) is 17.3. The molecule has 21 heavy (non-hydrogen) atoms. The summed E-state index contributed by atoms with van der Waals surface area (Å²) in [5.41, 5.74) is 1.83. The Labute approximate surface area is 122 Å². The number of aliphatic hydroxyl groups excluding tert-OH is 1. The van der Waals surface area contributed by atoms with E-state index in [9.17, 15) is 23.6 Å². The van der Waals surface area contributed by atoms with E-state index in [0.717, 1.165) is 22.5 Å². The van der Waals surface area contributed by atoms with E-state index in [4.69, 9.17) is 5.84 Å². The third-order valence-electron chi connectivity index (χ3n) is 2.88. The Morgan fingerprint density at radius 3 is 2.62 bits per heavy atom. The van der Waals surface area contributed by atoms with Gasteiger partial charge in [0, 0.05) is 25.7 Å². The monoisotopic (exact) mass is 318 g/mol. The zero-order valence-corrected chi connectivity index (χ0v) is 12.5. The molecule has 0 bridgehead atoms. The molecule has 0 aromatic heterocycles. The first-order chi connectivity index (χ1) is 9.70. The second-order valence-electron chi connectivity index (χ2n) is 4.55. The Morgan fingerprint density at radius 1 is 1.52 bits per heavy atom. The van der Waals surface area contributed by atoms with Crippen LogP contribution >= 0.6 is 0 Å². The topological polar surface area (TPSA) is 139 Å². The van der Waals surface area contributed by atoms with Gasteiger partial charge in [-0.3, -0.25) is 16.0 Å². The smallest absolute Gasteiger partial charge is 0.271 e. The van der Waals surface area contributed by atoms with Crippen molar-refractivity contribution in [1.29, 1.82) is 0 Å². The van der Waals surface area contributed by atoms with Crippen LogP contribution < -0.4 is 11.3 Å². The number of nitrogens with zero attached hydrogens (tertiary/aromatic N) is 2. The lowest BCUT2D eigenvalue weighted by Crippen LogP contribution is -2.30. The van der Waals surface area contributed by atoms with E-state index in [1.807, 2.05) is 0 Å². The fraction of sp³-hybridized carbons (Fsp3) is 0.455. The Hall–Kier alpha value is -1.75. The molecule has 1 unspecified atom stereocenters. The van der Waals surface area contributed by atoms with Gasteiger partial charge in [-0.2, -0.15) is 0 Å². The number of nitro groups is 1. The molecule has 1 aromatic carbocycles. The largest absolute Gasteiger partial charge is 0.393 e. The van der Waals surface area contributed by atoms with E-state index in [0.29, 0.717) is 0 Å². The van der Waals surface area contributed by atoms with Gasteiger partial charge in [0.25, 0.3) is 5.69 Å². The molecule has 4 N–H and O–H groups in total. The standard InChI is InChI=1S/C11H18N4O5S/c1-8(16)5-6-14(2)21(19,20)11-4-3-9(15(17)18)7-10(11)13-12/h3-4,7-8,13,16H,5-6,12H2,1-2H3. The highest BCUT2D eigenvalue weighted by atomic mass is 32.2. The van der Waals surface area contributed by atoms with Gasteiger partial charge in [0.05, 0.1) is 16.7 Å². The van der Waals surface area contributed by atoms with Crippen LogP contribution in [0.2, 0.25) is 0 Å². The number of aliphatic hydroxyl groups is 1.